The summed E-state index contributed by atoms with van der Waals surface area (Å²) in [6.07, 6.45) is 2.77. The van der Waals surface area contributed by atoms with Crippen molar-refractivity contribution in [3.63, 3.8) is 0 Å². The average Bonchev–Trinajstić information content (AvgIpc) is 3.89. The summed E-state index contributed by atoms with van der Waals surface area (Å²) < 4.78 is 136. The van der Waals surface area contributed by atoms with Gasteiger partial charge in [0.15, 0.2) is 0 Å². The molecule has 0 bridgehead atoms. The molecule has 0 aromatic heterocycles. The zero-order chi connectivity index (χ0) is 48.9. The summed E-state index contributed by atoms with van der Waals surface area (Å²) in [5.74, 6) is -13.2. The summed E-state index contributed by atoms with van der Waals surface area (Å²) in [6.45, 7) is 9.10. The van der Waals surface area contributed by atoms with Crippen molar-refractivity contribution in [2.75, 3.05) is 171 Å². The van der Waals surface area contributed by atoms with Crippen LogP contribution in [0.15, 0.2) is 0 Å². The molecule has 0 unspecified atom stereocenters. The van der Waals surface area contributed by atoms with Gasteiger partial charge in [-0.3, -0.25) is 9.59 Å². The van der Waals surface area contributed by atoms with Crippen molar-refractivity contribution in [1.82, 2.24) is 16.0 Å². The van der Waals surface area contributed by atoms with Crippen LogP contribution in [0.1, 0.15) is 32.1 Å². The molecule has 0 radical (unpaired) electrons. The number of carbonyl (C=O) groups excluding carboxylic acids is 3. The monoisotopic (exact) mass is 1010 g/mol. The first-order chi connectivity index (χ1) is 33.2. The Morgan fingerprint density at radius 2 is 0.853 bits per heavy atom. The standard InChI is InChI=1S/C43H68F5N3O16S/c44-36-37(45)39(47)42(40(48)38(36)46)67-35(53)5-7-55-9-11-57-13-15-59-17-19-61-21-23-63-25-27-65-29-30-66-28-26-64-24-22-62-20-18-60-16-14-58-12-10-56-8-6-49-34(52)4-2-1-3-33-41-32(31-68-33)50-43(54)51-41/h32-33,41H,1-31H2,(H,49,52)(H2,50,51,54)/t32-,33-,41-/m0/s1. The quantitative estimate of drug-likeness (QED) is 0.0163. The number of unbranched alkanes of at least 4 members (excludes halogenated alkanes) is 1. The molecule has 1 aromatic carbocycles. The number of hydrogen-bond donors (Lipinski definition) is 3. The van der Waals surface area contributed by atoms with Gasteiger partial charge in [0.25, 0.3) is 0 Å². The van der Waals surface area contributed by atoms with Gasteiger partial charge in [0.2, 0.25) is 40.7 Å². The molecular formula is C43H68F5N3O16S. The van der Waals surface area contributed by atoms with Gasteiger partial charge in [0, 0.05) is 24.0 Å². The molecule has 19 nitrogen and oxygen atoms in total. The fraction of sp³-hybridized carbons (Fsp3) is 0.791. The highest BCUT2D eigenvalue weighted by atomic mass is 32.2. The van der Waals surface area contributed by atoms with Crippen molar-refractivity contribution >= 4 is 29.7 Å². The number of urea groups is 1. The number of carbonyl (C=O) groups is 3. The predicted octanol–water partition coefficient (Wildman–Crippen LogP) is 2.72. The Kier molecular flexibility index (Phi) is 33.7. The minimum absolute atomic E-state index is 0.0246. The highest BCUT2D eigenvalue weighted by molar-refractivity contribution is 8.00. The SMILES string of the molecule is O=C(CCCC[C@@H]1SC[C@@H]2NC(=O)N[C@@H]21)NCCOCCOCCOCCOCCOCCOCCOCCOCCOCCOCCOCCOCCC(=O)Oc1c(F)c(F)c(F)c(F)c1F. The molecule has 2 heterocycles. The summed E-state index contributed by atoms with van der Waals surface area (Å²) in [7, 11) is 0. The van der Waals surface area contributed by atoms with Crippen LogP contribution in [0, 0.1) is 29.1 Å². The van der Waals surface area contributed by atoms with E-state index in [0.717, 1.165) is 25.0 Å². The van der Waals surface area contributed by atoms with Crippen LogP contribution in [-0.4, -0.2) is 206 Å². The molecule has 2 aliphatic rings. The maximum Gasteiger partial charge on any atom is 0.315 e. The number of nitrogens with one attached hydrogen (secondary N) is 3. The molecule has 2 aliphatic heterocycles. The maximum absolute atomic E-state index is 13.6. The summed E-state index contributed by atoms with van der Waals surface area (Å²) in [6, 6.07) is 0.361. The fourth-order valence-electron chi connectivity index (χ4n) is 6.14. The van der Waals surface area contributed by atoms with Gasteiger partial charge in [-0.1, -0.05) is 6.42 Å². The average molecular weight is 1010 g/mol. The van der Waals surface area contributed by atoms with Gasteiger partial charge in [-0.05, 0) is 12.8 Å². The lowest BCUT2D eigenvalue weighted by Gasteiger charge is -2.16. The first kappa shape index (κ1) is 59.3. The topological polar surface area (TPSA) is 207 Å². The third-order valence-electron chi connectivity index (χ3n) is 9.58. The van der Waals surface area contributed by atoms with Crippen molar-refractivity contribution in [2.45, 2.75) is 49.4 Å². The summed E-state index contributed by atoms with van der Waals surface area (Å²) >= 11 is 1.89. The van der Waals surface area contributed by atoms with Crippen LogP contribution >= 0.6 is 11.8 Å². The van der Waals surface area contributed by atoms with Crippen LogP contribution in [0.5, 0.6) is 5.75 Å². The van der Waals surface area contributed by atoms with E-state index >= 15 is 0 Å². The molecule has 2 fully saturated rings. The molecular weight excluding hydrogens is 942 g/mol. The van der Waals surface area contributed by atoms with Crippen LogP contribution < -0.4 is 20.7 Å². The number of amides is 3. The molecule has 3 amide bonds. The number of rotatable bonds is 45. The van der Waals surface area contributed by atoms with Crippen LogP contribution in [0.25, 0.3) is 0 Å². The Bertz CT molecular complexity index is 1510. The zero-order valence-electron chi connectivity index (χ0n) is 38.5. The molecule has 3 atom stereocenters. The zero-order valence-corrected chi connectivity index (χ0v) is 39.3. The number of esters is 1. The lowest BCUT2D eigenvalue weighted by Crippen LogP contribution is -2.36. The summed E-state index contributed by atoms with van der Waals surface area (Å²) in [5.41, 5.74) is 0. The highest BCUT2D eigenvalue weighted by Gasteiger charge is 2.42. The largest absolute Gasteiger partial charge is 0.420 e. The number of benzene rings is 1. The van der Waals surface area contributed by atoms with E-state index in [4.69, 9.17) is 56.8 Å². The van der Waals surface area contributed by atoms with Gasteiger partial charge in [-0.15, -0.1) is 0 Å². The second kappa shape index (κ2) is 38.7. The second-order valence-corrected chi connectivity index (χ2v) is 16.0. The number of fused-ring (bicyclic) bond motifs is 1. The Hall–Kier alpha value is -3.05. The van der Waals surface area contributed by atoms with Crippen molar-refractivity contribution < 1.29 is 97.9 Å². The minimum atomic E-state index is -2.35. The van der Waals surface area contributed by atoms with E-state index in [1.54, 1.807) is 0 Å². The molecule has 0 saturated carbocycles. The van der Waals surface area contributed by atoms with Crippen molar-refractivity contribution in [1.29, 1.82) is 0 Å². The second-order valence-electron chi connectivity index (χ2n) is 14.7. The molecule has 392 valence electrons. The third kappa shape index (κ3) is 26.8. The van der Waals surface area contributed by atoms with E-state index in [0.29, 0.717) is 150 Å². The predicted molar refractivity (Wildman–Crippen MR) is 233 cm³/mol. The van der Waals surface area contributed by atoms with Crippen molar-refractivity contribution in [2.24, 2.45) is 0 Å². The normalized spacial score (nSPS) is 16.5. The number of thioether (sulfide) groups is 1. The molecule has 3 N–H and O–H groups in total. The van der Waals surface area contributed by atoms with Crippen LogP contribution in [0.3, 0.4) is 0 Å². The van der Waals surface area contributed by atoms with E-state index < -0.39 is 47.2 Å². The Labute approximate surface area is 397 Å². The maximum atomic E-state index is 13.6. The Morgan fingerprint density at radius 1 is 0.485 bits per heavy atom. The number of ether oxygens (including phenoxy) is 13. The molecule has 2 saturated heterocycles. The lowest BCUT2D eigenvalue weighted by atomic mass is 10.0. The number of halogens is 5. The first-order valence-corrected chi connectivity index (χ1v) is 23.8. The van der Waals surface area contributed by atoms with Crippen molar-refractivity contribution in [3.05, 3.63) is 29.1 Å². The van der Waals surface area contributed by atoms with Gasteiger partial charge >= 0.3 is 12.0 Å². The molecule has 3 rings (SSSR count). The van der Waals surface area contributed by atoms with Crippen molar-refractivity contribution in [3.8, 4) is 5.75 Å². The lowest BCUT2D eigenvalue weighted by molar-refractivity contribution is -0.136. The van der Waals surface area contributed by atoms with Gasteiger partial charge in [0.1, 0.15) is 0 Å². The molecule has 1 aromatic rings. The number of hydrogen-bond acceptors (Lipinski definition) is 17. The highest BCUT2D eigenvalue weighted by Crippen LogP contribution is 2.33. The smallest absolute Gasteiger partial charge is 0.315 e. The minimum Gasteiger partial charge on any atom is -0.420 e. The van der Waals surface area contributed by atoms with Gasteiger partial charge in [-0.25, -0.2) is 18.0 Å². The van der Waals surface area contributed by atoms with Crippen LogP contribution in [0.4, 0.5) is 26.7 Å². The molecule has 68 heavy (non-hydrogen) atoms. The van der Waals surface area contributed by atoms with Crippen LogP contribution in [0.2, 0.25) is 0 Å². The fourth-order valence-corrected chi connectivity index (χ4v) is 7.68. The van der Waals surface area contributed by atoms with Gasteiger partial charge < -0.3 is 77.5 Å². The first-order valence-electron chi connectivity index (χ1n) is 22.8. The van der Waals surface area contributed by atoms with E-state index in [1.807, 2.05) is 11.8 Å². The Balaban J connectivity index is 0.901. The summed E-state index contributed by atoms with van der Waals surface area (Å²) in [4.78, 5) is 35.2. The Morgan fingerprint density at radius 3 is 1.26 bits per heavy atom. The van der Waals surface area contributed by atoms with E-state index in [-0.39, 0.29) is 50.4 Å². The van der Waals surface area contributed by atoms with E-state index in [1.165, 1.54) is 0 Å². The van der Waals surface area contributed by atoms with E-state index in [9.17, 15) is 36.3 Å². The van der Waals surface area contributed by atoms with E-state index in [2.05, 4.69) is 20.7 Å². The van der Waals surface area contributed by atoms with Gasteiger partial charge in [-0.2, -0.15) is 20.5 Å². The molecule has 25 heteroatoms. The third-order valence-corrected chi connectivity index (χ3v) is 11.1. The van der Waals surface area contributed by atoms with Crippen LogP contribution in [-0.2, 0) is 66.4 Å². The molecule has 0 spiro atoms. The van der Waals surface area contributed by atoms with Gasteiger partial charge in [0.05, 0.1) is 177 Å². The summed E-state index contributed by atoms with van der Waals surface area (Å²) in [5, 5.41) is 9.24. The molecule has 0 aliphatic carbocycles.